The number of aryl methyl sites for hydroxylation is 3. The van der Waals surface area contributed by atoms with E-state index >= 15 is 0 Å². The lowest BCUT2D eigenvalue weighted by Gasteiger charge is -2.31. The molecule has 3 rings (SSSR count). The van der Waals surface area contributed by atoms with Gasteiger partial charge in [-0.05, 0) is 56.9 Å². The minimum Gasteiger partial charge on any atom is -0.310 e. The van der Waals surface area contributed by atoms with E-state index < -0.39 is 10.0 Å². The maximum atomic E-state index is 13.1. The molecule has 1 amide bonds. The van der Waals surface area contributed by atoms with E-state index in [0.717, 1.165) is 16.7 Å². The highest BCUT2D eigenvalue weighted by atomic mass is 35.5. The molecule has 0 unspecified atom stereocenters. The fourth-order valence-corrected chi connectivity index (χ4v) is 5.73. The van der Waals surface area contributed by atoms with E-state index in [0.29, 0.717) is 41.7 Å². The Morgan fingerprint density at radius 1 is 1.14 bits per heavy atom. The van der Waals surface area contributed by atoms with Crippen molar-refractivity contribution in [3.05, 3.63) is 52.2 Å². The van der Waals surface area contributed by atoms with Crippen LogP contribution in [0.5, 0.6) is 0 Å². The van der Waals surface area contributed by atoms with Gasteiger partial charge in [0, 0.05) is 25.2 Å². The molecule has 0 bridgehead atoms. The molecule has 0 saturated carbocycles. The van der Waals surface area contributed by atoms with E-state index in [2.05, 4.69) is 10.3 Å². The number of rotatable bonds is 4. The fraction of sp³-hybridized carbons (Fsp3) is 0.400. The number of carbonyl (C=O) groups is 1. The predicted molar refractivity (Wildman–Crippen MR) is 110 cm³/mol. The zero-order valence-corrected chi connectivity index (χ0v) is 17.8. The number of aromatic nitrogens is 1. The summed E-state index contributed by atoms with van der Waals surface area (Å²) in [5.74, 6) is 0.0501. The Bertz CT molecular complexity index is 959. The van der Waals surface area contributed by atoms with Crippen molar-refractivity contribution in [1.29, 1.82) is 0 Å². The summed E-state index contributed by atoms with van der Waals surface area (Å²) in [5, 5.41) is 3.27. The molecule has 1 fully saturated rings. The third-order valence-corrected chi connectivity index (χ3v) is 7.43. The van der Waals surface area contributed by atoms with Crippen LogP contribution in [0.4, 0.5) is 5.82 Å². The standard InChI is InChI=1S/C20H24ClN3O3S/c1-13-10-14(2)19(15(3)11-13)28(26,27)24-8-6-16(7-9-24)20(25)23-18-5-4-17(21)12-22-18/h4-5,10-12,16H,6-9H2,1-3H3,(H,22,23,25). The summed E-state index contributed by atoms with van der Waals surface area (Å²) < 4.78 is 27.8. The van der Waals surface area contributed by atoms with Crippen molar-refractivity contribution in [2.45, 2.75) is 38.5 Å². The third kappa shape index (κ3) is 4.37. The van der Waals surface area contributed by atoms with Crippen molar-refractivity contribution in [1.82, 2.24) is 9.29 Å². The van der Waals surface area contributed by atoms with Crippen LogP contribution in [-0.2, 0) is 14.8 Å². The smallest absolute Gasteiger partial charge is 0.243 e. The molecule has 8 heteroatoms. The number of piperidine rings is 1. The molecule has 6 nitrogen and oxygen atoms in total. The van der Waals surface area contributed by atoms with Crippen molar-refractivity contribution in [2.24, 2.45) is 5.92 Å². The quantitative estimate of drug-likeness (QED) is 0.816. The van der Waals surface area contributed by atoms with Gasteiger partial charge in [-0.3, -0.25) is 4.79 Å². The summed E-state index contributed by atoms with van der Waals surface area (Å²) in [7, 11) is -3.58. The van der Waals surface area contributed by atoms with Gasteiger partial charge in [0.2, 0.25) is 15.9 Å². The summed E-state index contributed by atoms with van der Waals surface area (Å²) in [5.41, 5.74) is 2.55. The molecule has 0 radical (unpaired) electrons. The first-order valence-corrected chi connectivity index (χ1v) is 11.0. The lowest BCUT2D eigenvalue weighted by molar-refractivity contribution is -0.120. The number of hydrogen-bond acceptors (Lipinski definition) is 4. The molecule has 2 aromatic rings. The van der Waals surface area contributed by atoms with Crippen LogP contribution in [-0.4, -0.2) is 36.7 Å². The van der Waals surface area contributed by atoms with Crippen molar-refractivity contribution in [2.75, 3.05) is 18.4 Å². The Kier molecular flexibility index (Phi) is 6.07. The van der Waals surface area contributed by atoms with Gasteiger partial charge in [-0.15, -0.1) is 0 Å². The number of pyridine rings is 1. The molecular weight excluding hydrogens is 398 g/mol. The fourth-order valence-electron chi connectivity index (χ4n) is 3.74. The Labute approximate surface area is 171 Å². The summed E-state index contributed by atoms with van der Waals surface area (Å²) in [4.78, 5) is 16.9. The van der Waals surface area contributed by atoms with Gasteiger partial charge in [-0.25, -0.2) is 13.4 Å². The average Bonchev–Trinajstić information content (AvgIpc) is 2.62. The number of anilines is 1. The topological polar surface area (TPSA) is 79.4 Å². The summed E-state index contributed by atoms with van der Waals surface area (Å²) in [6, 6.07) is 7.08. The minimum atomic E-state index is -3.58. The van der Waals surface area contributed by atoms with Crippen LogP contribution in [0.3, 0.4) is 0 Å². The van der Waals surface area contributed by atoms with E-state index in [9.17, 15) is 13.2 Å². The zero-order chi connectivity index (χ0) is 20.5. The average molecular weight is 422 g/mol. The van der Waals surface area contributed by atoms with Gasteiger partial charge in [0.25, 0.3) is 0 Å². The predicted octanol–water partition coefficient (Wildman–Crippen LogP) is 3.70. The SMILES string of the molecule is Cc1cc(C)c(S(=O)(=O)N2CCC(C(=O)Nc3ccc(Cl)cn3)CC2)c(C)c1. The second-order valence-corrected chi connectivity index (χ2v) is 9.57. The number of benzene rings is 1. The van der Waals surface area contributed by atoms with Gasteiger partial charge in [0.1, 0.15) is 5.82 Å². The number of carbonyl (C=O) groups excluding carboxylic acids is 1. The Hall–Kier alpha value is -1.96. The third-order valence-electron chi connectivity index (χ3n) is 5.01. The number of sulfonamides is 1. The molecule has 1 aromatic heterocycles. The first-order chi connectivity index (χ1) is 13.2. The van der Waals surface area contributed by atoms with Gasteiger partial charge < -0.3 is 5.32 Å². The molecule has 0 spiro atoms. The molecule has 150 valence electrons. The van der Waals surface area contributed by atoms with E-state index in [-0.39, 0.29) is 11.8 Å². The van der Waals surface area contributed by atoms with Crippen molar-refractivity contribution >= 4 is 33.3 Å². The highest BCUT2D eigenvalue weighted by Crippen LogP contribution is 2.29. The van der Waals surface area contributed by atoms with Crippen molar-refractivity contribution < 1.29 is 13.2 Å². The molecule has 0 atom stereocenters. The zero-order valence-electron chi connectivity index (χ0n) is 16.2. The number of hydrogen-bond donors (Lipinski definition) is 1. The summed E-state index contributed by atoms with van der Waals surface area (Å²) in [6.45, 7) is 6.25. The molecule has 2 heterocycles. The summed E-state index contributed by atoms with van der Waals surface area (Å²) in [6.07, 6.45) is 2.42. The van der Waals surface area contributed by atoms with Crippen LogP contribution in [0.15, 0.2) is 35.4 Å². The summed E-state index contributed by atoms with van der Waals surface area (Å²) >= 11 is 5.80. The van der Waals surface area contributed by atoms with Crippen LogP contribution in [0.2, 0.25) is 5.02 Å². The van der Waals surface area contributed by atoms with Crippen molar-refractivity contribution in [3.63, 3.8) is 0 Å². The molecule has 0 aliphatic carbocycles. The first-order valence-electron chi connectivity index (χ1n) is 9.19. The highest BCUT2D eigenvalue weighted by Gasteiger charge is 2.33. The van der Waals surface area contributed by atoms with Crippen LogP contribution in [0.1, 0.15) is 29.5 Å². The highest BCUT2D eigenvalue weighted by molar-refractivity contribution is 7.89. The molecule has 1 aromatic carbocycles. The molecule has 1 saturated heterocycles. The largest absolute Gasteiger partial charge is 0.310 e. The van der Waals surface area contributed by atoms with Crippen LogP contribution >= 0.6 is 11.6 Å². The first kappa shape index (κ1) is 20.8. The van der Waals surface area contributed by atoms with E-state index in [1.807, 2.05) is 32.9 Å². The minimum absolute atomic E-state index is 0.144. The molecule has 1 aliphatic heterocycles. The molecular formula is C20H24ClN3O3S. The van der Waals surface area contributed by atoms with E-state index in [1.54, 1.807) is 12.1 Å². The monoisotopic (exact) mass is 421 g/mol. The van der Waals surface area contributed by atoms with Crippen LogP contribution in [0, 0.1) is 26.7 Å². The van der Waals surface area contributed by atoms with E-state index in [1.165, 1.54) is 10.5 Å². The maximum absolute atomic E-state index is 13.1. The van der Waals surface area contributed by atoms with Crippen LogP contribution < -0.4 is 5.32 Å². The number of nitrogens with one attached hydrogen (secondary N) is 1. The Morgan fingerprint density at radius 3 is 2.29 bits per heavy atom. The Balaban J connectivity index is 1.68. The second kappa shape index (κ2) is 8.19. The molecule has 28 heavy (non-hydrogen) atoms. The second-order valence-electron chi connectivity index (χ2n) is 7.26. The Morgan fingerprint density at radius 2 is 1.75 bits per heavy atom. The number of amides is 1. The molecule has 1 aliphatic rings. The number of halogens is 1. The molecule has 1 N–H and O–H groups in total. The maximum Gasteiger partial charge on any atom is 0.243 e. The van der Waals surface area contributed by atoms with Gasteiger partial charge >= 0.3 is 0 Å². The normalized spacial score (nSPS) is 16.1. The lowest BCUT2D eigenvalue weighted by atomic mass is 9.97. The van der Waals surface area contributed by atoms with Gasteiger partial charge in [0.05, 0.1) is 9.92 Å². The van der Waals surface area contributed by atoms with E-state index in [4.69, 9.17) is 11.6 Å². The van der Waals surface area contributed by atoms with Gasteiger partial charge in [0.15, 0.2) is 0 Å². The van der Waals surface area contributed by atoms with Gasteiger partial charge in [-0.2, -0.15) is 4.31 Å². The van der Waals surface area contributed by atoms with Crippen LogP contribution in [0.25, 0.3) is 0 Å². The van der Waals surface area contributed by atoms with Crippen molar-refractivity contribution in [3.8, 4) is 0 Å². The van der Waals surface area contributed by atoms with Gasteiger partial charge in [-0.1, -0.05) is 29.3 Å². The number of nitrogens with zero attached hydrogens (tertiary/aromatic N) is 2. The lowest BCUT2D eigenvalue weighted by Crippen LogP contribution is -2.41.